The van der Waals surface area contributed by atoms with Crippen LogP contribution in [-0.2, 0) is 24.6 Å². The zero-order chi connectivity index (χ0) is 21.8. The molecule has 30 heavy (non-hydrogen) atoms. The fourth-order valence-corrected chi connectivity index (χ4v) is 4.99. The van der Waals surface area contributed by atoms with Gasteiger partial charge < -0.3 is 28.4 Å². The third-order valence-electron chi connectivity index (χ3n) is 6.67. The van der Waals surface area contributed by atoms with Crippen LogP contribution in [0.25, 0.3) is 0 Å². The molecular formula is C23H28O7. The van der Waals surface area contributed by atoms with Gasteiger partial charge in [-0.2, -0.15) is 0 Å². The summed E-state index contributed by atoms with van der Waals surface area (Å²) in [5.74, 6) is 2.07. The Kier molecular flexibility index (Phi) is 4.97. The normalized spacial score (nSPS) is 29.5. The Bertz CT molecular complexity index is 961. The lowest BCUT2D eigenvalue weighted by Crippen LogP contribution is -2.42. The lowest BCUT2D eigenvalue weighted by Gasteiger charge is -2.35. The molecule has 0 saturated carbocycles. The first-order valence-electron chi connectivity index (χ1n) is 9.98. The van der Waals surface area contributed by atoms with Crippen LogP contribution in [0.2, 0.25) is 0 Å². The summed E-state index contributed by atoms with van der Waals surface area (Å²) in [4.78, 5) is 13.9. The van der Waals surface area contributed by atoms with Crippen LogP contribution in [0.15, 0.2) is 29.2 Å². The number of rotatable bonds is 5. The molecule has 2 aliphatic heterocycles. The van der Waals surface area contributed by atoms with Crippen molar-refractivity contribution in [2.24, 2.45) is 11.8 Å². The first-order valence-corrected chi connectivity index (χ1v) is 9.98. The van der Waals surface area contributed by atoms with Gasteiger partial charge >= 0.3 is 0 Å². The predicted molar refractivity (Wildman–Crippen MR) is 109 cm³/mol. The number of allylic oxidation sites excluding steroid dienone is 1. The van der Waals surface area contributed by atoms with Crippen molar-refractivity contribution >= 4 is 5.78 Å². The van der Waals surface area contributed by atoms with Gasteiger partial charge in [0.1, 0.15) is 0 Å². The molecule has 7 heteroatoms. The molecule has 4 rings (SSSR count). The van der Waals surface area contributed by atoms with Gasteiger partial charge in [-0.3, -0.25) is 4.79 Å². The van der Waals surface area contributed by atoms with Crippen LogP contribution >= 0.6 is 0 Å². The minimum absolute atomic E-state index is 0.131. The molecule has 2 bridgehead atoms. The number of carbonyl (C=O) groups excluding carboxylic acids is 1. The lowest BCUT2D eigenvalue weighted by atomic mass is 9.70. The van der Waals surface area contributed by atoms with Crippen LogP contribution in [0, 0.1) is 11.8 Å². The number of carbonyl (C=O) groups is 1. The Labute approximate surface area is 176 Å². The summed E-state index contributed by atoms with van der Waals surface area (Å²) in [6.07, 6.45) is 2.25. The summed E-state index contributed by atoms with van der Waals surface area (Å²) in [5, 5.41) is 0. The van der Waals surface area contributed by atoms with Gasteiger partial charge in [-0.15, -0.1) is 0 Å². The highest BCUT2D eigenvalue weighted by atomic mass is 16.5. The fraction of sp³-hybridized carbons (Fsp3) is 0.522. The molecule has 0 N–H and O–H groups in total. The fourth-order valence-electron chi connectivity index (χ4n) is 4.99. The van der Waals surface area contributed by atoms with Crippen molar-refractivity contribution in [2.75, 3.05) is 35.5 Å². The summed E-state index contributed by atoms with van der Waals surface area (Å²) in [6.45, 7) is 4.32. The van der Waals surface area contributed by atoms with Crippen LogP contribution in [0.1, 0.15) is 37.5 Å². The molecular weight excluding hydrogens is 388 g/mol. The highest BCUT2D eigenvalue weighted by Gasteiger charge is 2.62. The molecule has 1 aliphatic carbocycles. The van der Waals surface area contributed by atoms with Gasteiger partial charge in [-0.05, 0) is 41.5 Å². The number of ether oxygens (including phenoxy) is 6. The summed E-state index contributed by atoms with van der Waals surface area (Å²) < 4.78 is 34.6. The molecule has 1 spiro atoms. The second-order valence-electron chi connectivity index (χ2n) is 7.97. The minimum Gasteiger partial charge on any atom is -0.493 e. The van der Waals surface area contributed by atoms with Crippen LogP contribution in [0.3, 0.4) is 0 Å². The van der Waals surface area contributed by atoms with E-state index in [1.54, 1.807) is 21.3 Å². The standard InChI is InChI=1S/C23H28O7/c1-11-8-13-9-15(25-3)20(28-6)22(24)23(13)17-14(18(30-23)12(11)2)10-16(26-4)19(27-5)21(17)29-7/h9-12,18H,8H2,1-7H3/t11-,12-,18-,23+/m1/s1. The SMILES string of the molecule is COC1=C(OC)C(=O)[C@@]23O[C@@H](c4cc(OC)c(OC)c(OC)c42)[C@H](C)[C@H](C)CC3=C1. The Morgan fingerprint density at radius 1 is 0.967 bits per heavy atom. The van der Waals surface area contributed by atoms with Gasteiger partial charge in [0.25, 0.3) is 0 Å². The molecule has 0 unspecified atom stereocenters. The summed E-state index contributed by atoms with van der Waals surface area (Å²) in [7, 11) is 7.67. The van der Waals surface area contributed by atoms with E-state index in [9.17, 15) is 4.79 Å². The first kappa shape index (κ1) is 20.6. The number of fused-ring (bicyclic) bond motifs is 3. The monoisotopic (exact) mass is 416 g/mol. The summed E-state index contributed by atoms with van der Waals surface area (Å²) >= 11 is 0. The Hall–Kier alpha value is -2.67. The number of hydrogen-bond donors (Lipinski definition) is 0. The van der Waals surface area contributed by atoms with Crippen molar-refractivity contribution in [1.82, 2.24) is 0 Å². The summed E-state index contributed by atoms with van der Waals surface area (Å²) in [6, 6.07) is 1.90. The molecule has 1 aromatic carbocycles. The van der Waals surface area contributed by atoms with E-state index in [1.807, 2.05) is 12.1 Å². The Morgan fingerprint density at radius 3 is 2.23 bits per heavy atom. The minimum atomic E-state index is -1.35. The topological polar surface area (TPSA) is 72.5 Å². The molecule has 7 nitrogen and oxygen atoms in total. The van der Waals surface area contributed by atoms with Crippen molar-refractivity contribution in [3.63, 3.8) is 0 Å². The maximum atomic E-state index is 13.9. The van der Waals surface area contributed by atoms with Crippen molar-refractivity contribution in [2.45, 2.75) is 32.0 Å². The van der Waals surface area contributed by atoms with E-state index in [-0.39, 0.29) is 29.5 Å². The first-order chi connectivity index (χ1) is 14.4. The van der Waals surface area contributed by atoms with E-state index < -0.39 is 5.60 Å². The van der Waals surface area contributed by atoms with Gasteiger partial charge in [-0.1, -0.05) is 13.8 Å². The van der Waals surface area contributed by atoms with E-state index in [4.69, 9.17) is 28.4 Å². The third-order valence-corrected chi connectivity index (χ3v) is 6.67. The second-order valence-corrected chi connectivity index (χ2v) is 7.97. The van der Waals surface area contributed by atoms with Crippen molar-refractivity contribution in [1.29, 1.82) is 0 Å². The molecule has 0 amide bonds. The largest absolute Gasteiger partial charge is 0.493 e. The number of Topliss-reactive ketones (excluding diaryl/α,β-unsaturated/α-hetero) is 1. The molecule has 1 aromatic rings. The van der Waals surface area contributed by atoms with Crippen LogP contribution in [0.5, 0.6) is 17.2 Å². The summed E-state index contributed by atoms with van der Waals surface area (Å²) in [5.41, 5.74) is 1.01. The molecule has 3 aliphatic rings. The van der Waals surface area contributed by atoms with Crippen LogP contribution in [-0.4, -0.2) is 41.3 Å². The number of benzene rings is 1. The zero-order valence-corrected chi connectivity index (χ0v) is 18.5. The second kappa shape index (κ2) is 7.23. The molecule has 1 fully saturated rings. The third kappa shape index (κ3) is 2.44. The smallest absolute Gasteiger partial charge is 0.241 e. The van der Waals surface area contributed by atoms with Crippen molar-refractivity contribution < 1.29 is 33.2 Å². The molecule has 1 saturated heterocycles. The Balaban J connectivity index is 2.11. The van der Waals surface area contributed by atoms with Gasteiger partial charge in [0.15, 0.2) is 22.9 Å². The lowest BCUT2D eigenvalue weighted by molar-refractivity contribution is -0.146. The number of hydrogen-bond acceptors (Lipinski definition) is 7. The van der Waals surface area contributed by atoms with E-state index in [2.05, 4.69) is 13.8 Å². The molecule has 0 radical (unpaired) electrons. The van der Waals surface area contributed by atoms with Crippen molar-refractivity contribution in [3.8, 4) is 17.2 Å². The van der Waals surface area contributed by atoms with Crippen LogP contribution in [0.4, 0.5) is 0 Å². The van der Waals surface area contributed by atoms with Crippen LogP contribution < -0.4 is 14.2 Å². The van der Waals surface area contributed by atoms with E-state index in [0.717, 1.165) is 11.1 Å². The van der Waals surface area contributed by atoms with E-state index in [1.165, 1.54) is 14.2 Å². The van der Waals surface area contributed by atoms with E-state index >= 15 is 0 Å². The van der Waals surface area contributed by atoms with Gasteiger partial charge in [-0.25, -0.2) is 0 Å². The molecule has 4 atom stereocenters. The number of methoxy groups -OCH3 is 5. The highest BCUT2D eigenvalue weighted by Crippen LogP contribution is 2.63. The molecule has 0 aromatic heterocycles. The highest BCUT2D eigenvalue weighted by molar-refractivity contribution is 6.07. The van der Waals surface area contributed by atoms with Gasteiger partial charge in [0.05, 0.1) is 41.7 Å². The van der Waals surface area contributed by atoms with Crippen molar-refractivity contribution in [3.05, 3.63) is 40.4 Å². The van der Waals surface area contributed by atoms with E-state index in [0.29, 0.717) is 35.0 Å². The Morgan fingerprint density at radius 2 is 1.67 bits per heavy atom. The molecule has 2 heterocycles. The number of ketones is 1. The van der Waals surface area contributed by atoms with Gasteiger partial charge in [0.2, 0.25) is 17.3 Å². The average molecular weight is 416 g/mol. The molecule has 162 valence electrons. The maximum absolute atomic E-state index is 13.9. The average Bonchev–Trinajstić information content (AvgIpc) is 3.04. The maximum Gasteiger partial charge on any atom is 0.241 e. The zero-order valence-electron chi connectivity index (χ0n) is 18.5. The predicted octanol–water partition coefficient (Wildman–Crippen LogP) is 3.67. The van der Waals surface area contributed by atoms with Gasteiger partial charge in [0, 0.05) is 5.56 Å². The quantitative estimate of drug-likeness (QED) is 0.725.